The Balaban J connectivity index is 1.70. The molecular formula is C20H18Cl2N4O2. The van der Waals surface area contributed by atoms with Crippen LogP contribution < -0.4 is 10.6 Å². The van der Waals surface area contributed by atoms with Gasteiger partial charge in [0.25, 0.3) is 5.91 Å². The van der Waals surface area contributed by atoms with Crippen molar-refractivity contribution in [2.75, 3.05) is 11.4 Å². The molecule has 2 saturated heterocycles. The molecule has 0 aliphatic carbocycles. The fourth-order valence-corrected chi connectivity index (χ4v) is 4.61. The van der Waals surface area contributed by atoms with Gasteiger partial charge >= 0.3 is 6.03 Å². The fourth-order valence-electron chi connectivity index (χ4n) is 4.09. The Morgan fingerprint density at radius 3 is 2.36 bits per heavy atom. The summed E-state index contributed by atoms with van der Waals surface area (Å²) in [5.74, 6) is -0.271. The van der Waals surface area contributed by atoms with Crippen molar-refractivity contribution in [3.05, 3.63) is 63.6 Å². The molecule has 3 amide bonds. The molecule has 0 spiro atoms. The first-order valence-corrected chi connectivity index (χ1v) is 9.63. The average molecular weight is 417 g/mol. The number of nitrogens with zero attached hydrogens (tertiary/aromatic N) is 2. The third kappa shape index (κ3) is 2.93. The van der Waals surface area contributed by atoms with Crippen molar-refractivity contribution in [2.45, 2.75) is 24.8 Å². The molecule has 1 unspecified atom stereocenters. The van der Waals surface area contributed by atoms with Crippen LogP contribution in [0.2, 0.25) is 10.0 Å². The topological polar surface area (TPSA) is 90.5 Å². The van der Waals surface area contributed by atoms with Crippen LogP contribution in [0, 0.1) is 5.41 Å². The highest BCUT2D eigenvalue weighted by Gasteiger charge is 2.59. The number of fused-ring (bicyclic) bond motifs is 1. The van der Waals surface area contributed by atoms with Gasteiger partial charge in [-0.25, -0.2) is 9.69 Å². The van der Waals surface area contributed by atoms with Crippen LogP contribution in [0.25, 0.3) is 0 Å². The second kappa shape index (κ2) is 6.79. The van der Waals surface area contributed by atoms with Gasteiger partial charge in [-0.1, -0.05) is 47.5 Å². The minimum absolute atomic E-state index is 0.0108. The number of carbonyl (C=O) groups is 2. The molecule has 2 aromatic rings. The standard InChI is InChI=1S/C20H18Cl2N4O2/c21-14-8-15(22)10-16(9-14)26-18(27)20(6-1-7-25(20)19(26)28)11-12-2-4-13(5-3-12)17(23)24/h2-5,8-10H,1,6-7,11H2,(H3,23,24). The highest BCUT2D eigenvalue weighted by Crippen LogP contribution is 2.42. The van der Waals surface area contributed by atoms with Gasteiger partial charge in [-0.2, -0.15) is 0 Å². The van der Waals surface area contributed by atoms with E-state index >= 15 is 0 Å². The predicted octanol–water partition coefficient (Wildman–Crippen LogP) is 3.82. The van der Waals surface area contributed by atoms with Gasteiger partial charge in [-0.05, 0) is 36.6 Å². The average Bonchev–Trinajstić information content (AvgIpc) is 3.13. The lowest BCUT2D eigenvalue weighted by Gasteiger charge is -2.28. The molecule has 0 bridgehead atoms. The number of halogens is 2. The van der Waals surface area contributed by atoms with E-state index in [0.717, 1.165) is 12.0 Å². The first-order chi connectivity index (χ1) is 13.3. The molecule has 6 nitrogen and oxygen atoms in total. The first kappa shape index (κ1) is 18.8. The Kier molecular flexibility index (Phi) is 4.56. The Bertz CT molecular complexity index is 972. The van der Waals surface area contributed by atoms with E-state index in [-0.39, 0.29) is 17.8 Å². The van der Waals surface area contributed by atoms with E-state index in [4.69, 9.17) is 34.3 Å². The van der Waals surface area contributed by atoms with Crippen molar-refractivity contribution in [2.24, 2.45) is 5.73 Å². The van der Waals surface area contributed by atoms with Crippen LogP contribution in [0.3, 0.4) is 0 Å². The summed E-state index contributed by atoms with van der Waals surface area (Å²) in [4.78, 5) is 29.3. The summed E-state index contributed by atoms with van der Waals surface area (Å²) in [6.45, 7) is 0.529. The van der Waals surface area contributed by atoms with Crippen molar-refractivity contribution in [1.82, 2.24) is 4.90 Å². The van der Waals surface area contributed by atoms with E-state index in [1.54, 1.807) is 35.2 Å². The van der Waals surface area contributed by atoms with Crippen LogP contribution in [0.4, 0.5) is 10.5 Å². The molecule has 0 saturated carbocycles. The first-order valence-electron chi connectivity index (χ1n) is 8.87. The fraction of sp³-hybridized carbons (Fsp3) is 0.250. The molecule has 2 fully saturated rings. The smallest absolute Gasteiger partial charge is 0.332 e. The number of nitrogen functional groups attached to an aromatic ring is 1. The highest BCUT2D eigenvalue weighted by molar-refractivity contribution is 6.35. The van der Waals surface area contributed by atoms with Crippen LogP contribution >= 0.6 is 23.2 Å². The third-order valence-corrected chi connectivity index (χ3v) is 5.82. The SMILES string of the molecule is N=C(N)c1ccc(CC23CCCN2C(=O)N(c2cc(Cl)cc(Cl)c2)C3=O)cc1. The normalized spacial score (nSPS) is 21.4. The number of imide groups is 1. The quantitative estimate of drug-likeness (QED) is 0.450. The van der Waals surface area contributed by atoms with Crippen molar-refractivity contribution in [3.8, 4) is 0 Å². The summed E-state index contributed by atoms with van der Waals surface area (Å²) >= 11 is 12.1. The van der Waals surface area contributed by atoms with E-state index in [1.165, 1.54) is 4.90 Å². The highest BCUT2D eigenvalue weighted by atomic mass is 35.5. The predicted molar refractivity (Wildman–Crippen MR) is 109 cm³/mol. The summed E-state index contributed by atoms with van der Waals surface area (Å²) in [5, 5.41) is 8.23. The molecular weight excluding hydrogens is 399 g/mol. The molecule has 1 atom stereocenters. The van der Waals surface area contributed by atoms with Crippen LogP contribution in [0.15, 0.2) is 42.5 Å². The minimum Gasteiger partial charge on any atom is -0.384 e. The molecule has 2 aromatic carbocycles. The van der Waals surface area contributed by atoms with Gasteiger partial charge in [-0.15, -0.1) is 0 Å². The maximum Gasteiger partial charge on any atom is 0.332 e. The second-order valence-electron chi connectivity index (χ2n) is 7.12. The number of rotatable bonds is 4. The summed E-state index contributed by atoms with van der Waals surface area (Å²) in [5.41, 5.74) is 6.50. The zero-order valence-electron chi connectivity index (χ0n) is 14.9. The Labute approximate surface area is 172 Å². The van der Waals surface area contributed by atoms with Crippen LogP contribution in [-0.4, -0.2) is 34.8 Å². The van der Waals surface area contributed by atoms with E-state index in [0.29, 0.717) is 40.7 Å². The van der Waals surface area contributed by atoms with Gasteiger partial charge in [0.05, 0.1) is 5.69 Å². The minimum atomic E-state index is -0.913. The lowest BCUT2D eigenvalue weighted by atomic mass is 9.87. The number of urea groups is 1. The summed E-state index contributed by atoms with van der Waals surface area (Å²) < 4.78 is 0. The number of carbonyl (C=O) groups excluding carboxylic acids is 2. The zero-order chi connectivity index (χ0) is 20.1. The number of benzene rings is 2. The largest absolute Gasteiger partial charge is 0.384 e. The van der Waals surface area contributed by atoms with Gasteiger partial charge in [-0.3, -0.25) is 10.2 Å². The van der Waals surface area contributed by atoms with Crippen molar-refractivity contribution >= 4 is 46.7 Å². The molecule has 144 valence electrons. The van der Waals surface area contributed by atoms with Gasteiger partial charge < -0.3 is 10.6 Å². The number of nitrogens with two attached hydrogens (primary N) is 1. The molecule has 4 rings (SSSR count). The van der Waals surface area contributed by atoms with Crippen molar-refractivity contribution in [1.29, 1.82) is 5.41 Å². The number of nitrogens with one attached hydrogen (secondary N) is 1. The van der Waals surface area contributed by atoms with Gasteiger partial charge in [0, 0.05) is 28.6 Å². The van der Waals surface area contributed by atoms with E-state index in [1.807, 2.05) is 12.1 Å². The number of hydrogen-bond donors (Lipinski definition) is 2. The van der Waals surface area contributed by atoms with Crippen LogP contribution in [0.5, 0.6) is 0 Å². The number of anilines is 1. The molecule has 0 aromatic heterocycles. The maximum absolute atomic E-state index is 13.4. The monoisotopic (exact) mass is 416 g/mol. The van der Waals surface area contributed by atoms with E-state index in [9.17, 15) is 9.59 Å². The molecule has 0 radical (unpaired) electrons. The second-order valence-corrected chi connectivity index (χ2v) is 8.00. The Morgan fingerprint density at radius 2 is 1.75 bits per heavy atom. The molecule has 3 N–H and O–H groups in total. The molecule has 8 heteroatoms. The molecule has 2 aliphatic rings. The molecule has 28 heavy (non-hydrogen) atoms. The third-order valence-electron chi connectivity index (χ3n) is 5.38. The molecule has 2 aliphatic heterocycles. The zero-order valence-corrected chi connectivity index (χ0v) is 16.4. The summed E-state index contributed by atoms with van der Waals surface area (Å²) in [6, 6.07) is 11.6. The Morgan fingerprint density at radius 1 is 1.11 bits per heavy atom. The Hall–Kier alpha value is -2.57. The van der Waals surface area contributed by atoms with Crippen LogP contribution in [-0.2, 0) is 11.2 Å². The number of hydrogen-bond acceptors (Lipinski definition) is 3. The summed E-state index contributed by atoms with van der Waals surface area (Å²) in [7, 11) is 0. The van der Waals surface area contributed by atoms with Gasteiger partial charge in [0.1, 0.15) is 11.4 Å². The maximum atomic E-state index is 13.4. The van der Waals surface area contributed by atoms with E-state index in [2.05, 4.69) is 0 Å². The summed E-state index contributed by atoms with van der Waals surface area (Å²) in [6.07, 6.45) is 1.77. The number of amides is 3. The van der Waals surface area contributed by atoms with E-state index < -0.39 is 5.54 Å². The number of amidine groups is 1. The molecule has 2 heterocycles. The lowest BCUT2D eigenvalue weighted by Crippen LogP contribution is -2.47. The van der Waals surface area contributed by atoms with Gasteiger partial charge in [0.2, 0.25) is 0 Å². The van der Waals surface area contributed by atoms with Crippen molar-refractivity contribution < 1.29 is 9.59 Å². The van der Waals surface area contributed by atoms with Crippen molar-refractivity contribution in [3.63, 3.8) is 0 Å². The van der Waals surface area contributed by atoms with Gasteiger partial charge in [0.15, 0.2) is 0 Å². The van der Waals surface area contributed by atoms with Crippen LogP contribution in [0.1, 0.15) is 24.0 Å². The lowest BCUT2D eigenvalue weighted by molar-refractivity contribution is -0.123.